The van der Waals surface area contributed by atoms with Gasteiger partial charge in [0.25, 0.3) is 5.56 Å². The summed E-state index contributed by atoms with van der Waals surface area (Å²) in [6.07, 6.45) is -4.39. The number of halogens is 4. The fourth-order valence-electron chi connectivity index (χ4n) is 2.45. The summed E-state index contributed by atoms with van der Waals surface area (Å²) in [7, 11) is 0. The van der Waals surface area contributed by atoms with Gasteiger partial charge in [-0.3, -0.25) is 4.79 Å². The van der Waals surface area contributed by atoms with Crippen LogP contribution < -0.4 is 5.56 Å². The molecule has 0 unspecified atom stereocenters. The lowest BCUT2D eigenvalue weighted by atomic mass is 9.99. The van der Waals surface area contributed by atoms with Crippen molar-refractivity contribution >= 4 is 26.7 Å². The lowest BCUT2D eigenvalue weighted by molar-refractivity contribution is -0.137. The highest BCUT2D eigenvalue weighted by Gasteiger charge is 2.30. The molecule has 0 saturated carbocycles. The van der Waals surface area contributed by atoms with Crippen molar-refractivity contribution in [3.63, 3.8) is 0 Å². The summed E-state index contributed by atoms with van der Waals surface area (Å²) in [6, 6.07) is 8.59. The molecule has 3 rings (SSSR count). The first-order chi connectivity index (χ1) is 10.8. The minimum absolute atomic E-state index is 0.352. The highest BCUT2D eigenvalue weighted by molar-refractivity contribution is 9.10. The van der Waals surface area contributed by atoms with Crippen molar-refractivity contribution in [1.29, 1.82) is 0 Å². The van der Waals surface area contributed by atoms with Crippen LogP contribution in [-0.2, 0) is 6.18 Å². The molecule has 2 aromatic carbocycles. The van der Waals surface area contributed by atoms with Crippen LogP contribution >= 0.6 is 15.9 Å². The third-order valence-corrected chi connectivity index (χ3v) is 4.05. The van der Waals surface area contributed by atoms with Crippen LogP contribution in [0.15, 0.2) is 45.7 Å². The number of hydrogen-bond acceptors (Lipinski definition) is 2. The molecule has 3 aromatic rings. The molecule has 1 aromatic heterocycles. The Labute approximate surface area is 137 Å². The highest BCUT2D eigenvalue weighted by Crippen LogP contribution is 2.34. The largest absolute Gasteiger partial charge is 0.416 e. The third-order valence-electron chi connectivity index (χ3n) is 3.56. The van der Waals surface area contributed by atoms with E-state index >= 15 is 0 Å². The molecule has 0 aliphatic heterocycles. The van der Waals surface area contributed by atoms with Gasteiger partial charge in [-0.05, 0) is 36.8 Å². The number of aromatic amines is 1. The van der Waals surface area contributed by atoms with Crippen LogP contribution in [0.4, 0.5) is 13.2 Å². The SMILES string of the molecule is Cc1cc(C(F)(F)F)ccc1-c1n[nH]c(=O)c2cc(Br)ccc12. The van der Waals surface area contributed by atoms with E-state index in [1.807, 2.05) is 0 Å². The average Bonchev–Trinajstić information content (AvgIpc) is 2.48. The number of rotatable bonds is 1. The Morgan fingerprint density at radius 3 is 2.48 bits per heavy atom. The normalized spacial score (nSPS) is 11.9. The molecule has 0 amide bonds. The lowest BCUT2D eigenvalue weighted by Crippen LogP contribution is -2.10. The number of benzene rings is 2. The van der Waals surface area contributed by atoms with E-state index in [-0.39, 0.29) is 5.56 Å². The van der Waals surface area contributed by atoms with Gasteiger partial charge in [-0.1, -0.05) is 28.1 Å². The van der Waals surface area contributed by atoms with Crippen molar-refractivity contribution in [2.24, 2.45) is 0 Å². The van der Waals surface area contributed by atoms with Gasteiger partial charge in [0.15, 0.2) is 0 Å². The molecule has 0 aliphatic rings. The van der Waals surface area contributed by atoms with Crippen LogP contribution in [0.2, 0.25) is 0 Å². The molecular weight excluding hydrogens is 373 g/mol. The summed E-state index contributed by atoms with van der Waals surface area (Å²) in [5.41, 5.74) is 0.355. The predicted octanol–water partition coefficient (Wildman–Crippen LogP) is 4.68. The number of H-pyrrole nitrogens is 1. The molecule has 0 aliphatic carbocycles. The number of alkyl halides is 3. The van der Waals surface area contributed by atoms with Crippen molar-refractivity contribution in [2.75, 3.05) is 0 Å². The molecule has 7 heteroatoms. The van der Waals surface area contributed by atoms with Gasteiger partial charge in [0.2, 0.25) is 0 Å². The Kier molecular flexibility index (Phi) is 3.75. The van der Waals surface area contributed by atoms with E-state index in [0.717, 1.165) is 16.6 Å². The first kappa shape index (κ1) is 15.7. The first-order valence-corrected chi connectivity index (χ1v) is 7.43. The second kappa shape index (κ2) is 5.49. The maximum Gasteiger partial charge on any atom is 0.416 e. The van der Waals surface area contributed by atoms with Gasteiger partial charge >= 0.3 is 6.18 Å². The Morgan fingerprint density at radius 1 is 1.09 bits per heavy atom. The number of nitrogens with zero attached hydrogens (tertiary/aromatic N) is 1. The van der Waals surface area contributed by atoms with E-state index in [1.165, 1.54) is 6.07 Å². The monoisotopic (exact) mass is 382 g/mol. The summed E-state index contributed by atoms with van der Waals surface area (Å²) < 4.78 is 39.1. The summed E-state index contributed by atoms with van der Waals surface area (Å²) >= 11 is 3.30. The molecular formula is C16H10BrF3N2O. The molecule has 0 saturated heterocycles. The highest BCUT2D eigenvalue weighted by atomic mass is 79.9. The van der Waals surface area contributed by atoms with Gasteiger partial charge in [0.1, 0.15) is 0 Å². The summed E-state index contributed by atoms with van der Waals surface area (Å²) in [5, 5.41) is 7.42. The zero-order chi connectivity index (χ0) is 16.8. The second-order valence-electron chi connectivity index (χ2n) is 5.12. The Hall–Kier alpha value is -2.15. The fraction of sp³-hybridized carbons (Fsp3) is 0.125. The first-order valence-electron chi connectivity index (χ1n) is 6.63. The molecule has 1 heterocycles. The van der Waals surface area contributed by atoms with Gasteiger partial charge in [-0.25, -0.2) is 5.10 Å². The molecule has 23 heavy (non-hydrogen) atoms. The Balaban J connectivity index is 2.26. The van der Waals surface area contributed by atoms with Crippen LogP contribution in [-0.4, -0.2) is 10.2 Å². The fourth-order valence-corrected chi connectivity index (χ4v) is 2.81. The Bertz CT molecular complexity index is 964. The zero-order valence-electron chi connectivity index (χ0n) is 11.8. The third kappa shape index (κ3) is 2.88. The van der Waals surface area contributed by atoms with Crippen molar-refractivity contribution < 1.29 is 13.2 Å². The molecule has 0 radical (unpaired) electrons. The summed E-state index contributed by atoms with van der Waals surface area (Å²) in [6.45, 7) is 1.59. The topological polar surface area (TPSA) is 45.8 Å². The quantitative estimate of drug-likeness (QED) is 0.663. The minimum atomic E-state index is -4.39. The number of fused-ring (bicyclic) bond motifs is 1. The summed E-state index contributed by atoms with van der Waals surface area (Å²) in [5.74, 6) is 0. The smallest absolute Gasteiger partial charge is 0.267 e. The van der Waals surface area contributed by atoms with Gasteiger partial charge in [-0.2, -0.15) is 18.3 Å². The van der Waals surface area contributed by atoms with E-state index in [0.29, 0.717) is 27.6 Å². The lowest BCUT2D eigenvalue weighted by Gasteiger charge is -2.12. The van der Waals surface area contributed by atoms with Crippen LogP contribution in [0.3, 0.4) is 0 Å². The van der Waals surface area contributed by atoms with Crippen LogP contribution in [0.25, 0.3) is 22.0 Å². The number of nitrogens with one attached hydrogen (secondary N) is 1. The average molecular weight is 383 g/mol. The summed E-state index contributed by atoms with van der Waals surface area (Å²) in [4.78, 5) is 11.9. The maximum atomic E-state index is 12.8. The van der Waals surface area contributed by atoms with Gasteiger partial charge in [0, 0.05) is 15.4 Å². The molecule has 0 bridgehead atoms. The van der Waals surface area contributed by atoms with Crippen molar-refractivity contribution in [1.82, 2.24) is 10.2 Å². The second-order valence-corrected chi connectivity index (χ2v) is 6.03. The van der Waals surface area contributed by atoms with Crippen LogP contribution in [0.1, 0.15) is 11.1 Å². The van der Waals surface area contributed by atoms with Crippen molar-refractivity contribution in [3.8, 4) is 11.3 Å². The van der Waals surface area contributed by atoms with Crippen molar-refractivity contribution in [3.05, 3.63) is 62.4 Å². The Morgan fingerprint density at radius 2 is 1.83 bits per heavy atom. The van der Waals surface area contributed by atoms with Crippen LogP contribution in [0.5, 0.6) is 0 Å². The number of hydrogen-bond donors (Lipinski definition) is 1. The van der Waals surface area contributed by atoms with E-state index in [2.05, 4.69) is 26.1 Å². The van der Waals surface area contributed by atoms with Crippen LogP contribution in [0, 0.1) is 6.92 Å². The predicted molar refractivity (Wildman–Crippen MR) is 85.2 cm³/mol. The van der Waals surface area contributed by atoms with Gasteiger partial charge in [-0.15, -0.1) is 0 Å². The molecule has 0 spiro atoms. The molecule has 0 fully saturated rings. The molecule has 118 valence electrons. The number of aromatic nitrogens is 2. The van der Waals surface area contributed by atoms with E-state index in [1.54, 1.807) is 25.1 Å². The van der Waals surface area contributed by atoms with E-state index in [4.69, 9.17) is 0 Å². The van der Waals surface area contributed by atoms with E-state index in [9.17, 15) is 18.0 Å². The molecule has 3 nitrogen and oxygen atoms in total. The van der Waals surface area contributed by atoms with Gasteiger partial charge in [0.05, 0.1) is 16.6 Å². The van der Waals surface area contributed by atoms with E-state index < -0.39 is 11.7 Å². The zero-order valence-corrected chi connectivity index (χ0v) is 13.4. The molecule has 0 atom stereocenters. The van der Waals surface area contributed by atoms with Crippen molar-refractivity contribution in [2.45, 2.75) is 13.1 Å². The molecule has 1 N–H and O–H groups in total. The minimum Gasteiger partial charge on any atom is -0.267 e. The standard InChI is InChI=1S/C16H10BrF3N2O/c1-8-6-9(16(18,19)20)2-4-11(8)14-12-5-3-10(17)7-13(12)15(23)22-21-14/h2-7H,1H3,(H,22,23). The van der Waals surface area contributed by atoms with Gasteiger partial charge < -0.3 is 0 Å². The maximum absolute atomic E-state index is 12.8. The number of aryl methyl sites for hydroxylation is 1.